The van der Waals surface area contributed by atoms with Gasteiger partial charge in [-0.05, 0) is 32.5 Å². The van der Waals surface area contributed by atoms with Crippen LogP contribution in [0.25, 0.3) is 0 Å². The highest BCUT2D eigenvalue weighted by molar-refractivity contribution is 5.84. The lowest BCUT2D eigenvalue weighted by molar-refractivity contribution is -0.147. The van der Waals surface area contributed by atoms with Crippen LogP contribution in [-0.4, -0.2) is 55.6 Å². The molecule has 0 aromatic heterocycles. The third-order valence-electron chi connectivity index (χ3n) is 5.37. The van der Waals surface area contributed by atoms with Gasteiger partial charge in [-0.2, -0.15) is 0 Å². The number of rotatable bonds is 21. The molecule has 3 N–H and O–H groups in total. The van der Waals surface area contributed by atoms with Gasteiger partial charge in [-0.15, -0.1) is 0 Å². The Kier molecular flexibility index (Phi) is 19.4. The summed E-state index contributed by atoms with van der Waals surface area (Å²) in [6, 6.07) is -0.625. The molecule has 0 aliphatic carbocycles. The number of hydrogen-bond donors (Lipinski definition) is 2. The summed E-state index contributed by atoms with van der Waals surface area (Å²) in [5.74, 6) is -0.846. The van der Waals surface area contributed by atoms with Crippen molar-refractivity contribution in [2.24, 2.45) is 5.73 Å². The lowest BCUT2D eigenvalue weighted by atomic mass is 10.1. The summed E-state index contributed by atoms with van der Waals surface area (Å²) in [6.07, 6.45) is 13.5. The number of hydrogen-bond acceptors (Lipinski definition) is 5. The Balaban J connectivity index is 3.87. The maximum absolute atomic E-state index is 12.3. The second-order valence-corrected chi connectivity index (χ2v) is 7.91. The molecular formula is C23H47N3O3. The van der Waals surface area contributed by atoms with Crippen LogP contribution in [-0.2, 0) is 14.3 Å². The second kappa shape index (κ2) is 20.1. The number of nitrogens with one attached hydrogen (secondary N) is 1. The number of carbonyl (C=O) groups excluding carboxylic acids is 2. The minimum Gasteiger partial charge on any atom is -0.464 e. The van der Waals surface area contributed by atoms with Crippen molar-refractivity contribution in [3.63, 3.8) is 0 Å². The van der Waals surface area contributed by atoms with Crippen molar-refractivity contribution < 1.29 is 14.3 Å². The summed E-state index contributed by atoms with van der Waals surface area (Å²) >= 11 is 0. The maximum atomic E-state index is 12.3. The largest absolute Gasteiger partial charge is 0.464 e. The predicted molar refractivity (Wildman–Crippen MR) is 121 cm³/mol. The number of esters is 1. The minimum absolute atomic E-state index is 0.00730. The van der Waals surface area contributed by atoms with E-state index in [1.165, 1.54) is 51.4 Å². The van der Waals surface area contributed by atoms with Crippen LogP contribution in [0.15, 0.2) is 0 Å². The molecule has 1 atom stereocenters. The van der Waals surface area contributed by atoms with Crippen LogP contribution in [0.1, 0.15) is 97.8 Å². The van der Waals surface area contributed by atoms with Crippen molar-refractivity contribution in [1.29, 1.82) is 0 Å². The van der Waals surface area contributed by atoms with E-state index in [0.717, 1.165) is 38.9 Å². The molecule has 1 unspecified atom stereocenters. The van der Waals surface area contributed by atoms with Gasteiger partial charge in [-0.1, -0.05) is 78.6 Å². The molecule has 0 aliphatic heterocycles. The van der Waals surface area contributed by atoms with Gasteiger partial charge in [0.2, 0.25) is 5.91 Å². The molecule has 0 fully saturated rings. The fourth-order valence-corrected chi connectivity index (χ4v) is 3.43. The zero-order valence-corrected chi connectivity index (χ0v) is 19.3. The molecule has 0 aliphatic rings. The van der Waals surface area contributed by atoms with Gasteiger partial charge in [0.25, 0.3) is 0 Å². The number of unbranched alkanes of at least 4 members (excludes halogenated alkanes) is 9. The number of nitrogens with two attached hydrogens (primary N) is 1. The summed E-state index contributed by atoms with van der Waals surface area (Å²) in [5, 5.41) is 3.16. The summed E-state index contributed by atoms with van der Waals surface area (Å²) in [7, 11) is 0. The molecule has 172 valence electrons. The SMILES string of the molecule is CCCCCCCCCCCCNC(CC(N)=O)C(=O)OCCCN(CC)CC. The van der Waals surface area contributed by atoms with Gasteiger partial charge in [0, 0.05) is 6.54 Å². The minimum atomic E-state index is -0.625. The van der Waals surface area contributed by atoms with Crippen molar-refractivity contribution >= 4 is 11.9 Å². The van der Waals surface area contributed by atoms with E-state index in [4.69, 9.17) is 10.5 Å². The fourth-order valence-electron chi connectivity index (χ4n) is 3.43. The number of nitrogens with zero attached hydrogens (tertiary/aromatic N) is 1. The van der Waals surface area contributed by atoms with Crippen LogP contribution in [0.2, 0.25) is 0 Å². The van der Waals surface area contributed by atoms with Crippen LogP contribution in [0.3, 0.4) is 0 Å². The summed E-state index contributed by atoms with van der Waals surface area (Å²) in [4.78, 5) is 25.8. The highest BCUT2D eigenvalue weighted by Gasteiger charge is 2.21. The Bertz CT molecular complexity index is 401. The fraction of sp³-hybridized carbons (Fsp3) is 0.913. The van der Waals surface area contributed by atoms with Crippen molar-refractivity contribution in [1.82, 2.24) is 10.2 Å². The van der Waals surface area contributed by atoms with Crippen molar-refractivity contribution in [2.45, 2.75) is 104 Å². The van der Waals surface area contributed by atoms with Crippen molar-refractivity contribution in [2.75, 3.05) is 32.8 Å². The molecule has 6 nitrogen and oxygen atoms in total. The van der Waals surface area contributed by atoms with E-state index >= 15 is 0 Å². The zero-order valence-electron chi connectivity index (χ0n) is 19.3. The lowest BCUT2D eigenvalue weighted by Crippen LogP contribution is -2.41. The first-order valence-corrected chi connectivity index (χ1v) is 12.0. The van der Waals surface area contributed by atoms with E-state index in [-0.39, 0.29) is 12.4 Å². The number of primary amides is 1. The van der Waals surface area contributed by atoms with Crippen molar-refractivity contribution in [3.8, 4) is 0 Å². The smallest absolute Gasteiger partial charge is 0.323 e. The molecule has 0 aromatic carbocycles. The van der Waals surface area contributed by atoms with Crippen LogP contribution in [0.4, 0.5) is 0 Å². The Hall–Kier alpha value is -1.14. The van der Waals surface area contributed by atoms with Gasteiger partial charge in [-0.3, -0.25) is 9.59 Å². The lowest BCUT2D eigenvalue weighted by Gasteiger charge is -2.19. The maximum Gasteiger partial charge on any atom is 0.323 e. The molecule has 0 saturated carbocycles. The third-order valence-corrected chi connectivity index (χ3v) is 5.37. The van der Waals surface area contributed by atoms with Crippen LogP contribution >= 0.6 is 0 Å². The second-order valence-electron chi connectivity index (χ2n) is 7.91. The molecule has 0 spiro atoms. The summed E-state index contributed by atoms with van der Waals surface area (Å²) < 4.78 is 5.36. The predicted octanol–water partition coefficient (Wildman–Crippen LogP) is 4.02. The van der Waals surface area contributed by atoms with Crippen LogP contribution in [0, 0.1) is 0 Å². The molecule has 1 amide bonds. The van der Waals surface area contributed by atoms with Crippen LogP contribution < -0.4 is 11.1 Å². The van der Waals surface area contributed by atoms with Gasteiger partial charge in [0.15, 0.2) is 0 Å². The van der Waals surface area contributed by atoms with E-state index in [9.17, 15) is 9.59 Å². The van der Waals surface area contributed by atoms with Gasteiger partial charge in [-0.25, -0.2) is 0 Å². The molecule has 0 bridgehead atoms. The average molecular weight is 414 g/mol. The van der Waals surface area contributed by atoms with Gasteiger partial charge < -0.3 is 20.7 Å². The highest BCUT2D eigenvalue weighted by atomic mass is 16.5. The summed E-state index contributed by atoms with van der Waals surface area (Å²) in [5.41, 5.74) is 5.30. The molecule has 0 radical (unpaired) electrons. The van der Waals surface area contributed by atoms with Gasteiger partial charge in [0.05, 0.1) is 13.0 Å². The Morgan fingerprint density at radius 2 is 1.41 bits per heavy atom. The first-order valence-electron chi connectivity index (χ1n) is 12.0. The standard InChI is InChI=1S/C23H47N3O3/c1-4-7-8-9-10-11-12-13-14-15-17-25-21(20-22(24)27)23(28)29-19-16-18-26(5-2)6-3/h21,25H,4-20H2,1-3H3,(H2,24,27). The van der Waals surface area contributed by atoms with Crippen LogP contribution in [0.5, 0.6) is 0 Å². The monoisotopic (exact) mass is 413 g/mol. The molecule has 0 saturated heterocycles. The molecule has 0 heterocycles. The summed E-state index contributed by atoms with van der Waals surface area (Å²) in [6.45, 7) is 10.5. The van der Waals surface area contributed by atoms with Gasteiger partial charge in [0.1, 0.15) is 6.04 Å². The quantitative estimate of drug-likeness (QED) is 0.219. The first-order chi connectivity index (χ1) is 14.0. The van der Waals surface area contributed by atoms with Gasteiger partial charge >= 0.3 is 5.97 Å². The number of ether oxygens (including phenoxy) is 1. The Labute approximate surface area is 179 Å². The normalized spacial score (nSPS) is 12.3. The van der Waals surface area contributed by atoms with E-state index in [1.807, 2.05) is 0 Å². The molecular weight excluding hydrogens is 366 g/mol. The Morgan fingerprint density at radius 1 is 0.862 bits per heavy atom. The highest BCUT2D eigenvalue weighted by Crippen LogP contribution is 2.10. The first kappa shape index (κ1) is 27.9. The third kappa shape index (κ3) is 17.4. The van der Waals surface area contributed by atoms with Crippen molar-refractivity contribution in [3.05, 3.63) is 0 Å². The van der Waals surface area contributed by atoms with E-state index in [2.05, 4.69) is 31.0 Å². The van der Waals surface area contributed by atoms with E-state index in [0.29, 0.717) is 13.2 Å². The Morgan fingerprint density at radius 3 is 1.93 bits per heavy atom. The average Bonchev–Trinajstić information content (AvgIpc) is 2.70. The number of carbonyl (C=O) groups is 2. The number of amides is 1. The molecule has 0 rings (SSSR count). The van der Waals surface area contributed by atoms with E-state index in [1.54, 1.807) is 0 Å². The zero-order chi connectivity index (χ0) is 21.7. The molecule has 6 heteroatoms. The molecule has 29 heavy (non-hydrogen) atoms. The topological polar surface area (TPSA) is 84.7 Å². The van der Waals surface area contributed by atoms with E-state index < -0.39 is 11.9 Å². The molecule has 0 aromatic rings.